The van der Waals surface area contributed by atoms with Gasteiger partial charge in [0.25, 0.3) is 0 Å². The minimum Gasteiger partial charge on any atom is -0.508 e. The molecule has 4 aliphatic heterocycles. The van der Waals surface area contributed by atoms with Crippen LogP contribution in [0.2, 0.25) is 0 Å². The molecule has 0 aromatic heterocycles. The Balaban J connectivity index is 1.12. The maximum Gasteiger partial charge on any atom is 0.201 e. The van der Waals surface area contributed by atoms with Crippen LogP contribution in [0.1, 0.15) is 122 Å². The number of aryl methyl sites for hydroxylation is 4. The summed E-state index contributed by atoms with van der Waals surface area (Å²) in [7, 11) is 6.74. The number of rotatable bonds is 11. The average molecular weight is 1110 g/mol. The van der Waals surface area contributed by atoms with Gasteiger partial charge in [0.1, 0.15) is 18.3 Å². The fourth-order valence-corrected chi connectivity index (χ4v) is 15.3. The van der Waals surface area contributed by atoms with Gasteiger partial charge in [-0.25, -0.2) is 4.99 Å². The van der Waals surface area contributed by atoms with Gasteiger partial charge in [-0.2, -0.15) is 0 Å². The predicted octanol–water partition coefficient (Wildman–Crippen LogP) is 8.95. The lowest BCUT2D eigenvalue weighted by Crippen LogP contribution is -2.52. The molecule has 0 saturated heterocycles. The van der Waals surface area contributed by atoms with E-state index in [0.717, 1.165) is 96.9 Å². The van der Waals surface area contributed by atoms with Crippen molar-refractivity contribution in [2.75, 3.05) is 39.1 Å². The maximum atomic E-state index is 13.4. The number of aromatic hydroxyl groups is 2. The molecule has 10 rings (SSSR count). The van der Waals surface area contributed by atoms with Crippen molar-refractivity contribution < 1.29 is 44.2 Å². The van der Waals surface area contributed by atoms with E-state index in [1.807, 2.05) is 12.1 Å². The second-order valence-electron chi connectivity index (χ2n) is 22.7. The van der Waals surface area contributed by atoms with E-state index in [2.05, 4.69) is 84.6 Å². The van der Waals surface area contributed by atoms with Gasteiger partial charge in [-0.1, -0.05) is 114 Å². The minimum atomic E-state index is -1.23. The van der Waals surface area contributed by atoms with E-state index in [9.17, 15) is 25.2 Å². The minimum absolute atomic E-state index is 0.00137. The van der Waals surface area contributed by atoms with Crippen molar-refractivity contribution >= 4 is 33.3 Å². The van der Waals surface area contributed by atoms with E-state index in [1.165, 1.54) is 18.2 Å². The topological polar surface area (TPSA) is 197 Å². The molecule has 8 atom stereocenters. The number of nitrogens with two attached hydrogens (primary N) is 1. The first kappa shape index (κ1) is 58.1. The second kappa shape index (κ2) is 27.3. The first-order valence-electron chi connectivity index (χ1n) is 28.5. The molecular weight excluding hydrogens is 1030 g/mol. The van der Waals surface area contributed by atoms with Gasteiger partial charge in [-0.05, 0) is 134 Å². The van der Waals surface area contributed by atoms with Gasteiger partial charge in [-0.15, -0.1) is 0 Å². The number of Topliss-reactive ketones (excluding diaryl/α,β-unsaturated/α-hetero) is 1. The lowest BCUT2D eigenvalue weighted by molar-refractivity contribution is -0.121. The van der Waals surface area contributed by atoms with E-state index in [1.54, 1.807) is 40.8 Å². The number of hydrogen-bond donors (Lipinski definition) is 7. The Morgan fingerprint density at radius 3 is 2.52 bits per heavy atom. The second-order valence-corrected chi connectivity index (χ2v) is 25.3. The van der Waals surface area contributed by atoms with Crippen LogP contribution in [-0.2, 0) is 60.9 Å². The molecule has 8 N–H and O–H groups in total. The van der Waals surface area contributed by atoms with Gasteiger partial charge in [-0.3, -0.25) is 10.1 Å². The number of methoxy groups -OCH3 is 2. The molecule has 4 heterocycles. The Morgan fingerprint density at radius 2 is 1.71 bits per heavy atom. The lowest BCUT2D eigenvalue weighted by atomic mass is 9.71. The van der Waals surface area contributed by atoms with Gasteiger partial charge in [0.05, 0.1) is 30.9 Å². The molecule has 4 aromatic carbocycles. The highest BCUT2D eigenvalue weighted by Crippen LogP contribution is 2.47. The number of fused-ring (bicyclic) bond motifs is 7. The van der Waals surface area contributed by atoms with Crippen LogP contribution in [0.3, 0.4) is 0 Å². The number of nitrogens with zero attached hydrogens (tertiary/aromatic N) is 1. The molecule has 0 amide bonds. The number of aliphatic imine (C=N–C) groups is 1. The number of nitrogens with one attached hydrogen (secondary N) is 2. The van der Waals surface area contributed by atoms with E-state index < -0.39 is 29.9 Å². The summed E-state index contributed by atoms with van der Waals surface area (Å²) in [5, 5.41) is 53.9. The number of ketones is 1. The lowest BCUT2D eigenvalue weighted by Gasteiger charge is -2.42. The van der Waals surface area contributed by atoms with Crippen LogP contribution < -0.4 is 30.6 Å². The van der Waals surface area contributed by atoms with Crippen LogP contribution in [-0.4, -0.2) is 101 Å². The molecule has 79 heavy (non-hydrogen) atoms. The Labute approximate surface area is 475 Å². The standard InChI is InChI=1S/C64H80N4O9S2/c1-40(2)56-38-79-78-37-54-53-35-52-45-22-25-49(70)34-48(69)24-21-44-23-26-57(71)60(75-4)51(44)16-8-15-46(33-45)59(61(52)77-62(53)73)76-39-66-64(28-10-18-55(54)67-63(65)68-56)27-9-14-43(36-64)31-47-30-42(20-19-41-12-6-5-7-13-41)32-58(72)50(47)17-11-29-74-3/h5-7,12-13,23,26,30,32-33,40,43,49,53-56,62,66,70-73H,9,11,14-15,17,19-22,24-25,27-29,31,34-39H2,1-4H3,(H3,65,67,68). The van der Waals surface area contributed by atoms with Crippen molar-refractivity contribution in [3.05, 3.63) is 111 Å². The molecule has 13 nitrogen and oxygen atoms in total. The number of hydrogen-bond acceptors (Lipinski definition) is 15. The summed E-state index contributed by atoms with van der Waals surface area (Å²) in [6.45, 7) is 5.05. The van der Waals surface area contributed by atoms with Crippen LogP contribution in [0.5, 0.6) is 28.7 Å². The number of ether oxygens (including phenoxy) is 4. The summed E-state index contributed by atoms with van der Waals surface area (Å²) in [6.07, 6.45) is 8.13. The van der Waals surface area contributed by atoms with E-state index in [0.29, 0.717) is 73.2 Å². The van der Waals surface area contributed by atoms with Crippen LogP contribution >= 0.6 is 21.6 Å². The van der Waals surface area contributed by atoms with Gasteiger partial charge in [0.2, 0.25) is 6.29 Å². The molecule has 422 valence electrons. The first-order valence-corrected chi connectivity index (χ1v) is 31.0. The fraction of sp³-hybridized carbons (Fsp3) is 0.531. The molecule has 15 heteroatoms. The summed E-state index contributed by atoms with van der Waals surface area (Å²) < 4.78 is 25.0. The zero-order chi connectivity index (χ0) is 55.5. The van der Waals surface area contributed by atoms with Crippen molar-refractivity contribution in [1.82, 2.24) is 10.6 Å². The summed E-state index contributed by atoms with van der Waals surface area (Å²) in [5.74, 6) is 17.1. The van der Waals surface area contributed by atoms with Crippen molar-refractivity contribution in [3.8, 4) is 52.4 Å². The van der Waals surface area contributed by atoms with Crippen molar-refractivity contribution in [3.63, 3.8) is 0 Å². The van der Waals surface area contributed by atoms with Crippen LogP contribution in [0.4, 0.5) is 0 Å². The smallest absolute Gasteiger partial charge is 0.201 e. The Kier molecular flexibility index (Phi) is 20.1. The van der Waals surface area contributed by atoms with Crippen LogP contribution in [0.15, 0.2) is 65.7 Å². The zero-order valence-corrected chi connectivity index (χ0v) is 48.0. The molecule has 4 aromatic rings. The Hall–Kier alpha value is -5.52. The molecule has 6 bridgehead atoms. The third-order valence-corrected chi connectivity index (χ3v) is 19.3. The number of phenols is 2. The number of phenolic OH excluding ortho intramolecular Hbond substituents is 2. The van der Waals surface area contributed by atoms with Crippen molar-refractivity contribution in [1.29, 1.82) is 0 Å². The number of aliphatic hydroxyl groups is 2. The molecule has 1 fully saturated rings. The van der Waals surface area contributed by atoms with Crippen molar-refractivity contribution in [2.45, 2.75) is 153 Å². The number of carbonyl (C=O) groups excluding carboxylic acids is 1. The molecule has 2 aliphatic carbocycles. The summed E-state index contributed by atoms with van der Waals surface area (Å²) in [6, 6.07) is 19.7. The summed E-state index contributed by atoms with van der Waals surface area (Å²) in [5.41, 5.74) is 14.8. The van der Waals surface area contributed by atoms with Gasteiger partial charge >= 0.3 is 0 Å². The van der Waals surface area contributed by atoms with Gasteiger partial charge in [0, 0.05) is 79.4 Å². The number of carbonyl (C=O) groups is 1. The quantitative estimate of drug-likeness (QED) is 0.0427. The fourth-order valence-electron chi connectivity index (χ4n) is 12.4. The average Bonchev–Trinajstić information content (AvgIpc) is 3.60. The largest absolute Gasteiger partial charge is 0.508 e. The molecule has 1 saturated carbocycles. The Bertz CT molecular complexity index is 2930. The summed E-state index contributed by atoms with van der Waals surface area (Å²) in [4.78, 5) is 18.4. The highest BCUT2D eigenvalue weighted by molar-refractivity contribution is 8.76. The SMILES string of the molecule is COCCCc1c(O)cc(CCc2ccccc2)cc1CC1CCCC2(CC#CC3NC(N)=NC(C(C)C)CSSCC3C3Cc4c5cc(c(c4OC3O)OCN2)CC#Cc2c(ccc(O)c2OC)CCC(=O)CC(O)CC5)C1. The third kappa shape index (κ3) is 14.7. The number of benzene rings is 4. The van der Waals surface area contributed by atoms with Crippen molar-refractivity contribution in [2.24, 2.45) is 34.4 Å². The molecule has 0 radical (unpaired) electrons. The highest BCUT2D eigenvalue weighted by Gasteiger charge is 2.43. The summed E-state index contributed by atoms with van der Waals surface area (Å²) >= 11 is 0. The Morgan fingerprint density at radius 1 is 0.886 bits per heavy atom. The van der Waals surface area contributed by atoms with Gasteiger partial charge in [0.15, 0.2) is 29.0 Å². The molecule has 8 unspecified atom stereocenters. The number of aliphatic hydroxyl groups excluding tert-OH is 2. The maximum absolute atomic E-state index is 13.4. The highest BCUT2D eigenvalue weighted by atomic mass is 33.1. The third-order valence-electron chi connectivity index (χ3n) is 16.8. The molecule has 1 spiro atoms. The zero-order valence-electron chi connectivity index (χ0n) is 46.4. The van der Waals surface area contributed by atoms with E-state index in [-0.39, 0.29) is 67.1 Å². The molecular formula is C64H80N4O9S2. The van der Waals surface area contributed by atoms with Gasteiger partial charge < -0.3 is 50.4 Å². The normalized spacial score (nSPS) is 25.6. The number of guanidine groups is 1. The predicted molar refractivity (Wildman–Crippen MR) is 315 cm³/mol. The first-order chi connectivity index (χ1) is 38.3. The monoisotopic (exact) mass is 1110 g/mol. The molecule has 6 aliphatic rings. The van der Waals surface area contributed by atoms with Crippen LogP contribution in [0.25, 0.3) is 0 Å². The van der Waals surface area contributed by atoms with E-state index >= 15 is 0 Å². The van der Waals surface area contributed by atoms with E-state index in [4.69, 9.17) is 29.7 Å². The van der Waals surface area contributed by atoms with Crippen LogP contribution in [0, 0.1) is 47.4 Å².